The van der Waals surface area contributed by atoms with E-state index in [2.05, 4.69) is 4.98 Å². The standard InChI is InChI=1S/C20H28B2FNO4/c1-17(2)18(3,4)26-21(25-17)13-9-12-14(11-24-16(12)10-15(13)23)22-27-19(5,6)20(7,8)28-22/h9-11,24H,1-8H3. The first kappa shape index (κ1) is 20.0. The molecule has 8 heteroatoms. The number of hydrogen-bond donors (Lipinski definition) is 1. The first-order valence-corrected chi connectivity index (χ1v) is 9.76. The number of benzene rings is 1. The van der Waals surface area contributed by atoms with Crippen molar-refractivity contribution in [2.75, 3.05) is 0 Å². The Balaban J connectivity index is 1.74. The van der Waals surface area contributed by atoms with Crippen molar-refractivity contribution in [2.45, 2.75) is 77.8 Å². The van der Waals surface area contributed by atoms with E-state index in [1.807, 2.05) is 61.6 Å². The Morgan fingerprint density at radius 1 is 0.714 bits per heavy atom. The quantitative estimate of drug-likeness (QED) is 0.806. The minimum Gasteiger partial charge on any atom is -0.399 e. The zero-order valence-corrected chi connectivity index (χ0v) is 17.9. The van der Waals surface area contributed by atoms with Gasteiger partial charge < -0.3 is 23.6 Å². The number of aromatic nitrogens is 1. The third-order valence-corrected chi connectivity index (χ3v) is 6.85. The average Bonchev–Trinajstić information content (AvgIpc) is 3.09. The fourth-order valence-electron chi connectivity index (χ4n) is 3.50. The van der Waals surface area contributed by atoms with Gasteiger partial charge in [0.2, 0.25) is 0 Å². The molecule has 2 aliphatic heterocycles. The second-order valence-corrected chi connectivity index (χ2v) is 9.84. The molecule has 0 unspecified atom stereocenters. The van der Waals surface area contributed by atoms with Crippen molar-refractivity contribution in [3.63, 3.8) is 0 Å². The summed E-state index contributed by atoms with van der Waals surface area (Å²) in [6.07, 6.45) is 1.82. The third kappa shape index (κ3) is 2.84. The smallest absolute Gasteiger partial charge is 0.399 e. The molecule has 0 atom stereocenters. The van der Waals surface area contributed by atoms with Gasteiger partial charge in [0.1, 0.15) is 5.82 Å². The summed E-state index contributed by atoms with van der Waals surface area (Å²) in [5, 5.41) is 0.838. The molecule has 1 N–H and O–H groups in total. The summed E-state index contributed by atoms with van der Waals surface area (Å²) in [4.78, 5) is 3.13. The van der Waals surface area contributed by atoms with Crippen LogP contribution in [0.1, 0.15) is 55.4 Å². The molecule has 1 aromatic heterocycles. The van der Waals surface area contributed by atoms with Gasteiger partial charge in [-0.1, -0.05) is 6.07 Å². The Hall–Kier alpha value is -1.34. The maximum atomic E-state index is 14.9. The molecule has 4 rings (SSSR count). The lowest BCUT2D eigenvalue weighted by Crippen LogP contribution is -2.41. The van der Waals surface area contributed by atoms with Crippen molar-refractivity contribution in [1.82, 2.24) is 4.98 Å². The Labute approximate surface area is 166 Å². The maximum absolute atomic E-state index is 14.9. The first-order chi connectivity index (χ1) is 12.7. The number of rotatable bonds is 2. The van der Waals surface area contributed by atoms with Crippen LogP contribution in [0, 0.1) is 5.82 Å². The van der Waals surface area contributed by atoms with Gasteiger partial charge in [-0.05, 0) is 66.8 Å². The summed E-state index contributed by atoms with van der Waals surface area (Å²) < 4.78 is 39.3. The van der Waals surface area contributed by atoms with Crippen molar-refractivity contribution in [3.8, 4) is 0 Å². The Morgan fingerprint density at radius 2 is 1.14 bits per heavy atom. The summed E-state index contributed by atoms with van der Waals surface area (Å²) in [5.41, 5.74) is -0.0687. The van der Waals surface area contributed by atoms with E-state index >= 15 is 0 Å². The topological polar surface area (TPSA) is 52.7 Å². The van der Waals surface area contributed by atoms with Gasteiger partial charge in [0, 0.05) is 22.6 Å². The minimum atomic E-state index is -0.768. The van der Waals surface area contributed by atoms with Crippen LogP contribution in [0.5, 0.6) is 0 Å². The predicted octanol–water partition coefficient (Wildman–Crippen LogP) is 2.91. The Morgan fingerprint density at radius 3 is 1.61 bits per heavy atom. The first-order valence-electron chi connectivity index (χ1n) is 9.76. The largest absolute Gasteiger partial charge is 0.497 e. The van der Waals surface area contributed by atoms with Gasteiger partial charge in [-0.25, -0.2) is 4.39 Å². The van der Waals surface area contributed by atoms with Gasteiger partial charge in [0.15, 0.2) is 0 Å². The molecule has 5 nitrogen and oxygen atoms in total. The molecule has 150 valence electrons. The zero-order valence-electron chi connectivity index (χ0n) is 17.9. The summed E-state index contributed by atoms with van der Waals surface area (Å²) in [5.74, 6) is -0.367. The number of halogens is 1. The molecule has 1 aromatic carbocycles. The van der Waals surface area contributed by atoms with Crippen LogP contribution < -0.4 is 10.9 Å². The van der Waals surface area contributed by atoms with E-state index in [9.17, 15) is 4.39 Å². The van der Waals surface area contributed by atoms with Crippen LogP contribution in [0.4, 0.5) is 4.39 Å². The second kappa shape index (κ2) is 5.85. The third-order valence-electron chi connectivity index (χ3n) is 6.85. The van der Waals surface area contributed by atoms with Crippen LogP contribution in [0.15, 0.2) is 18.3 Å². The molecule has 3 heterocycles. The lowest BCUT2D eigenvalue weighted by molar-refractivity contribution is 0.00578. The Bertz CT molecular complexity index is 906. The van der Waals surface area contributed by atoms with Crippen molar-refractivity contribution in [2.24, 2.45) is 0 Å². The lowest BCUT2D eigenvalue weighted by Gasteiger charge is -2.32. The van der Waals surface area contributed by atoms with Crippen LogP contribution >= 0.6 is 0 Å². The van der Waals surface area contributed by atoms with Gasteiger partial charge in [-0.2, -0.15) is 0 Å². The van der Waals surface area contributed by atoms with Gasteiger partial charge in [0.25, 0.3) is 0 Å². The molecule has 0 saturated carbocycles. The maximum Gasteiger partial charge on any atom is 0.497 e. The number of fused-ring (bicyclic) bond motifs is 1. The van der Waals surface area contributed by atoms with E-state index in [1.165, 1.54) is 6.07 Å². The number of hydrogen-bond acceptors (Lipinski definition) is 4. The van der Waals surface area contributed by atoms with E-state index in [-0.39, 0.29) is 5.82 Å². The highest BCUT2D eigenvalue weighted by atomic mass is 19.1. The molecule has 0 bridgehead atoms. The molecule has 2 aromatic rings. The van der Waals surface area contributed by atoms with Crippen molar-refractivity contribution < 1.29 is 23.0 Å². The molecule has 2 aliphatic rings. The van der Waals surface area contributed by atoms with Crippen LogP contribution in [0.3, 0.4) is 0 Å². The fourth-order valence-corrected chi connectivity index (χ4v) is 3.50. The minimum absolute atomic E-state index is 0.367. The molecule has 0 amide bonds. The van der Waals surface area contributed by atoms with Crippen molar-refractivity contribution in [3.05, 3.63) is 24.1 Å². The fraction of sp³-hybridized carbons (Fsp3) is 0.600. The van der Waals surface area contributed by atoms with Gasteiger partial charge in [-0.3, -0.25) is 0 Å². The van der Waals surface area contributed by atoms with Gasteiger partial charge in [0.05, 0.1) is 22.4 Å². The summed E-state index contributed by atoms with van der Waals surface area (Å²) >= 11 is 0. The molecular formula is C20H28B2FNO4. The van der Waals surface area contributed by atoms with Crippen LogP contribution in [0.2, 0.25) is 0 Å². The summed E-state index contributed by atoms with van der Waals surface area (Å²) in [6, 6.07) is 3.26. The summed E-state index contributed by atoms with van der Waals surface area (Å²) in [7, 11) is -1.30. The average molecular weight is 387 g/mol. The van der Waals surface area contributed by atoms with Gasteiger partial charge in [-0.15, -0.1) is 0 Å². The molecule has 2 saturated heterocycles. The molecule has 28 heavy (non-hydrogen) atoms. The molecular weight excluding hydrogens is 359 g/mol. The predicted molar refractivity (Wildman–Crippen MR) is 110 cm³/mol. The highest BCUT2D eigenvalue weighted by Gasteiger charge is 2.54. The molecule has 0 spiro atoms. The van der Waals surface area contributed by atoms with E-state index < -0.39 is 36.6 Å². The summed E-state index contributed by atoms with van der Waals surface area (Å²) in [6.45, 7) is 15.9. The second-order valence-electron chi connectivity index (χ2n) is 9.84. The zero-order chi connectivity index (χ0) is 20.7. The lowest BCUT2D eigenvalue weighted by atomic mass is 9.74. The van der Waals surface area contributed by atoms with E-state index in [1.54, 1.807) is 6.07 Å². The van der Waals surface area contributed by atoms with E-state index in [4.69, 9.17) is 18.6 Å². The van der Waals surface area contributed by atoms with Crippen molar-refractivity contribution in [1.29, 1.82) is 0 Å². The normalized spacial score (nSPS) is 25.0. The van der Waals surface area contributed by atoms with E-state index in [0.717, 1.165) is 10.8 Å². The van der Waals surface area contributed by atoms with Crippen LogP contribution in [-0.4, -0.2) is 41.6 Å². The monoisotopic (exact) mass is 387 g/mol. The number of H-pyrrole nitrogens is 1. The highest BCUT2D eigenvalue weighted by molar-refractivity contribution is 6.66. The molecule has 0 radical (unpaired) electrons. The van der Waals surface area contributed by atoms with Crippen LogP contribution in [-0.2, 0) is 18.6 Å². The van der Waals surface area contributed by atoms with Crippen LogP contribution in [0.25, 0.3) is 10.9 Å². The Kier molecular flexibility index (Phi) is 4.17. The van der Waals surface area contributed by atoms with E-state index in [0.29, 0.717) is 11.0 Å². The number of aromatic amines is 1. The SMILES string of the molecule is CC1(C)OB(c2cc3c(B4OC(C)(C)C(C)(C)O4)c[nH]c3cc2F)OC1(C)C. The number of nitrogens with one attached hydrogen (secondary N) is 1. The molecule has 0 aliphatic carbocycles. The molecule has 2 fully saturated rings. The highest BCUT2D eigenvalue weighted by Crippen LogP contribution is 2.38. The van der Waals surface area contributed by atoms with Crippen molar-refractivity contribution >= 4 is 36.1 Å². The van der Waals surface area contributed by atoms with Gasteiger partial charge >= 0.3 is 14.2 Å².